The van der Waals surface area contributed by atoms with E-state index in [1.165, 1.54) is 34.3 Å². The Balaban J connectivity index is 1.67. The molecule has 4 nitrogen and oxygen atoms in total. The molecule has 26 heavy (non-hydrogen) atoms. The van der Waals surface area contributed by atoms with Crippen LogP contribution in [0, 0.1) is 0 Å². The molecule has 1 unspecified atom stereocenters. The predicted octanol–water partition coefficient (Wildman–Crippen LogP) is 4.41. The van der Waals surface area contributed by atoms with E-state index in [1.54, 1.807) is 14.2 Å². The number of nitrogens with zero attached hydrogens (tertiary/aromatic N) is 1. The van der Waals surface area contributed by atoms with E-state index in [0.29, 0.717) is 6.04 Å². The van der Waals surface area contributed by atoms with Gasteiger partial charge in [-0.05, 0) is 59.4 Å². The summed E-state index contributed by atoms with van der Waals surface area (Å²) in [5.41, 5.74) is 5.57. The first-order valence-electron chi connectivity index (χ1n) is 9.13. The summed E-state index contributed by atoms with van der Waals surface area (Å²) in [6.07, 6.45) is 2.08. The second-order valence-corrected chi connectivity index (χ2v) is 7.75. The lowest BCUT2D eigenvalue weighted by atomic mass is 9.84. The highest BCUT2D eigenvalue weighted by atomic mass is 32.2. The first-order valence-corrected chi connectivity index (χ1v) is 10.0. The highest BCUT2D eigenvalue weighted by Crippen LogP contribution is 2.42. The largest absolute Gasteiger partial charge is 0.497 e. The Hall–Kier alpha value is -1.85. The van der Waals surface area contributed by atoms with Crippen LogP contribution in [0.1, 0.15) is 35.2 Å². The number of ether oxygens (including phenoxy) is 2. The van der Waals surface area contributed by atoms with E-state index in [0.717, 1.165) is 48.9 Å². The van der Waals surface area contributed by atoms with Crippen LogP contribution in [-0.4, -0.2) is 31.4 Å². The Morgan fingerprint density at radius 1 is 1.04 bits per heavy atom. The van der Waals surface area contributed by atoms with E-state index in [2.05, 4.69) is 42.2 Å². The van der Waals surface area contributed by atoms with Crippen LogP contribution in [0.3, 0.4) is 0 Å². The molecule has 2 heterocycles. The second-order valence-electron chi connectivity index (χ2n) is 6.77. The van der Waals surface area contributed by atoms with Gasteiger partial charge in [0.2, 0.25) is 0 Å². The van der Waals surface area contributed by atoms with Crippen molar-refractivity contribution >= 4 is 12.0 Å². The molecule has 0 radical (unpaired) electrons. The molecule has 0 fully saturated rings. The summed E-state index contributed by atoms with van der Waals surface area (Å²) in [5, 5.41) is 0. The molecule has 2 aromatic carbocycles. The first kappa shape index (κ1) is 17.6. The van der Waals surface area contributed by atoms with Crippen LogP contribution in [0.2, 0.25) is 0 Å². The monoisotopic (exact) mass is 371 g/mol. The predicted molar refractivity (Wildman–Crippen MR) is 105 cm³/mol. The standard InChI is InChI=1S/C21H25NO3S/c1-4-26-25-21-11-15-10-19-18-6-5-17(23-2)9-14(18)7-8-22(19)13-16(15)12-20(21)24-3/h5-6,9,11-12,19H,4,7-8,10,13H2,1-3H3. The minimum Gasteiger partial charge on any atom is -0.497 e. The van der Waals surface area contributed by atoms with Crippen LogP contribution in [0.5, 0.6) is 17.2 Å². The molecular formula is C21H25NO3S. The van der Waals surface area contributed by atoms with E-state index in [4.69, 9.17) is 13.7 Å². The third kappa shape index (κ3) is 3.14. The fraction of sp³-hybridized carbons (Fsp3) is 0.429. The number of methoxy groups -OCH3 is 2. The molecule has 5 heteroatoms. The van der Waals surface area contributed by atoms with Crippen LogP contribution < -0.4 is 13.7 Å². The number of benzene rings is 2. The third-order valence-electron chi connectivity index (χ3n) is 5.36. The minimum atomic E-state index is 0.428. The molecule has 0 bridgehead atoms. The molecular weight excluding hydrogens is 346 g/mol. The van der Waals surface area contributed by atoms with Gasteiger partial charge in [0.05, 0.1) is 26.3 Å². The first-order chi connectivity index (χ1) is 12.7. The van der Waals surface area contributed by atoms with Crippen molar-refractivity contribution in [3.05, 3.63) is 52.6 Å². The summed E-state index contributed by atoms with van der Waals surface area (Å²) in [5.74, 6) is 3.51. The van der Waals surface area contributed by atoms with Crippen LogP contribution in [0.25, 0.3) is 0 Å². The lowest BCUT2D eigenvalue weighted by Gasteiger charge is -2.41. The van der Waals surface area contributed by atoms with Crippen LogP contribution in [-0.2, 0) is 19.4 Å². The van der Waals surface area contributed by atoms with E-state index in [-0.39, 0.29) is 0 Å². The maximum absolute atomic E-state index is 5.84. The number of rotatable bonds is 5. The normalized spacial score (nSPS) is 18.5. The highest BCUT2D eigenvalue weighted by Gasteiger charge is 2.33. The van der Waals surface area contributed by atoms with E-state index < -0.39 is 0 Å². The average molecular weight is 372 g/mol. The molecule has 0 amide bonds. The van der Waals surface area contributed by atoms with Crippen molar-refractivity contribution in [2.45, 2.75) is 32.4 Å². The Morgan fingerprint density at radius 3 is 2.65 bits per heavy atom. The SMILES string of the molecule is CCSOc1cc2c(cc1OC)CN1CCc3cc(OC)ccc3C1C2. The molecule has 138 valence electrons. The van der Waals surface area contributed by atoms with Crippen molar-refractivity contribution in [1.82, 2.24) is 4.90 Å². The summed E-state index contributed by atoms with van der Waals surface area (Å²) >= 11 is 1.45. The zero-order chi connectivity index (χ0) is 18.1. The molecule has 1 atom stereocenters. The quantitative estimate of drug-likeness (QED) is 0.727. The lowest BCUT2D eigenvalue weighted by molar-refractivity contribution is 0.160. The average Bonchev–Trinajstić information content (AvgIpc) is 2.69. The van der Waals surface area contributed by atoms with Gasteiger partial charge in [0.15, 0.2) is 11.5 Å². The smallest absolute Gasteiger partial charge is 0.179 e. The van der Waals surface area contributed by atoms with Gasteiger partial charge in [0, 0.05) is 24.9 Å². The molecule has 0 aliphatic carbocycles. The Morgan fingerprint density at radius 2 is 1.88 bits per heavy atom. The molecule has 2 aliphatic heterocycles. The van der Waals surface area contributed by atoms with Crippen molar-refractivity contribution in [1.29, 1.82) is 0 Å². The van der Waals surface area contributed by atoms with Gasteiger partial charge in [0.1, 0.15) is 5.75 Å². The van der Waals surface area contributed by atoms with Crippen molar-refractivity contribution in [2.24, 2.45) is 0 Å². The maximum atomic E-state index is 5.84. The third-order valence-corrected chi connectivity index (χ3v) is 5.89. The maximum Gasteiger partial charge on any atom is 0.179 e. The Kier molecular flexibility index (Phi) is 5.00. The molecule has 0 aromatic heterocycles. The van der Waals surface area contributed by atoms with Crippen LogP contribution in [0.4, 0.5) is 0 Å². The highest BCUT2D eigenvalue weighted by molar-refractivity contribution is 7.94. The van der Waals surface area contributed by atoms with Crippen molar-refractivity contribution in [2.75, 3.05) is 26.5 Å². The fourth-order valence-corrected chi connectivity index (χ4v) is 4.43. The van der Waals surface area contributed by atoms with Gasteiger partial charge < -0.3 is 13.7 Å². The number of hydrogen-bond acceptors (Lipinski definition) is 5. The van der Waals surface area contributed by atoms with Crippen molar-refractivity contribution in [3.8, 4) is 17.2 Å². The zero-order valence-corrected chi connectivity index (χ0v) is 16.4. The molecule has 2 aromatic rings. The van der Waals surface area contributed by atoms with Crippen LogP contribution >= 0.6 is 12.0 Å². The second kappa shape index (κ2) is 7.41. The molecule has 0 saturated heterocycles. The van der Waals surface area contributed by atoms with E-state index in [1.807, 2.05) is 0 Å². The topological polar surface area (TPSA) is 30.9 Å². The van der Waals surface area contributed by atoms with Gasteiger partial charge in [-0.2, -0.15) is 0 Å². The lowest BCUT2D eigenvalue weighted by Crippen LogP contribution is -2.39. The number of fused-ring (bicyclic) bond motifs is 4. The van der Waals surface area contributed by atoms with Crippen molar-refractivity contribution < 1.29 is 13.7 Å². The summed E-state index contributed by atoms with van der Waals surface area (Å²) < 4.78 is 16.8. The molecule has 0 saturated carbocycles. The minimum absolute atomic E-state index is 0.428. The van der Waals surface area contributed by atoms with Crippen molar-refractivity contribution in [3.63, 3.8) is 0 Å². The molecule has 4 rings (SSSR count). The Labute approximate surface area is 159 Å². The van der Waals surface area contributed by atoms with Gasteiger partial charge in [-0.3, -0.25) is 4.90 Å². The molecule has 0 N–H and O–H groups in total. The van der Waals surface area contributed by atoms with Gasteiger partial charge >= 0.3 is 0 Å². The van der Waals surface area contributed by atoms with Gasteiger partial charge in [-0.25, -0.2) is 0 Å². The zero-order valence-electron chi connectivity index (χ0n) is 15.6. The molecule has 2 aliphatic rings. The van der Waals surface area contributed by atoms with Gasteiger partial charge in [-0.15, -0.1) is 0 Å². The van der Waals surface area contributed by atoms with Gasteiger partial charge in [0.25, 0.3) is 0 Å². The van der Waals surface area contributed by atoms with Crippen LogP contribution in [0.15, 0.2) is 30.3 Å². The summed E-state index contributed by atoms with van der Waals surface area (Å²) in [7, 11) is 3.44. The summed E-state index contributed by atoms with van der Waals surface area (Å²) in [4.78, 5) is 2.58. The molecule has 0 spiro atoms. The fourth-order valence-electron chi connectivity index (χ4n) is 4.05. The summed E-state index contributed by atoms with van der Waals surface area (Å²) in [6.45, 7) is 4.13. The number of hydrogen-bond donors (Lipinski definition) is 0. The summed E-state index contributed by atoms with van der Waals surface area (Å²) in [6, 6.07) is 11.3. The van der Waals surface area contributed by atoms with Gasteiger partial charge in [-0.1, -0.05) is 13.0 Å². The Bertz CT molecular complexity index is 808. The van der Waals surface area contributed by atoms with E-state index in [9.17, 15) is 0 Å². The van der Waals surface area contributed by atoms with E-state index >= 15 is 0 Å².